The third-order valence-corrected chi connectivity index (χ3v) is 5.41. The van der Waals surface area contributed by atoms with Crippen molar-refractivity contribution in [2.45, 2.75) is 19.6 Å². The van der Waals surface area contributed by atoms with Gasteiger partial charge in [0, 0.05) is 31.5 Å². The van der Waals surface area contributed by atoms with E-state index in [2.05, 4.69) is 20.0 Å². The molecule has 0 aliphatic rings. The van der Waals surface area contributed by atoms with Gasteiger partial charge in [0.1, 0.15) is 17.5 Å². The van der Waals surface area contributed by atoms with Crippen molar-refractivity contribution in [3.05, 3.63) is 71.5 Å². The molecule has 0 aliphatic heterocycles. The average molecular weight is 412 g/mol. The Morgan fingerprint density at radius 2 is 1.62 bits per heavy atom. The molecule has 1 aromatic heterocycles. The number of rotatable bonds is 7. The maximum Gasteiger partial charge on any atom is 0.236 e. The summed E-state index contributed by atoms with van der Waals surface area (Å²) in [6.07, 6.45) is 0. The highest BCUT2D eigenvalue weighted by Gasteiger charge is 2.12. The van der Waals surface area contributed by atoms with E-state index >= 15 is 0 Å². The zero-order valence-corrected chi connectivity index (χ0v) is 17.8. The lowest BCUT2D eigenvalue weighted by Crippen LogP contribution is -2.15. The number of sulfonamides is 1. The van der Waals surface area contributed by atoms with E-state index in [1.54, 1.807) is 24.3 Å². The molecule has 0 unspecified atom stereocenters. The van der Waals surface area contributed by atoms with Crippen molar-refractivity contribution >= 4 is 33.0 Å². The van der Waals surface area contributed by atoms with Gasteiger partial charge in [-0.15, -0.1) is 0 Å². The van der Waals surface area contributed by atoms with Crippen LogP contribution in [0.1, 0.15) is 17.0 Å². The molecule has 3 aromatic rings. The smallest absolute Gasteiger partial charge is 0.236 e. The van der Waals surface area contributed by atoms with Crippen LogP contribution in [0, 0.1) is 13.8 Å². The molecule has 0 radical (unpaired) electrons. The lowest BCUT2D eigenvalue weighted by Gasteiger charge is -2.14. The van der Waals surface area contributed by atoms with Gasteiger partial charge >= 0.3 is 0 Å². The Balaban J connectivity index is 1.69. The molecule has 0 atom stereocenters. The summed E-state index contributed by atoms with van der Waals surface area (Å²) in [6.45, 7) is 3.78. The van der Waals surface area contributed by atoms with Crippen LogP contribution in [0.15, 0.2) is 54.6 Å². The van der Waals surface area contributed by atoms with E-state index in [1.165, 1.54) is 0 Å². The first-order valence-electron chi connectivity index (χ1n) is 9.16. The van der Waals surface area contributed by atoms with E-state index < -0.39 is 10.0 Å². The van der Waals surface area contributed by atoms with Crippen molar-refractivity contribution < 1.29 is 8.42 Å². The lowest BCUT2D eigenvalue weighted by atomic mass is 10.2. The van der Waals surface area contributed by atoms with Crippen LogP contribution in [0.4, 0.5) is 23.0 Å². The maximum absolute atomic E-state index is 12.4. The number of aryl methyl sites for hydroxylation is 2. The predicted molar refractivity (Wildman–Crippen MR) is 118 cm³/mol. The van der Waals surface area contributed by atoms with Gasteiger partial charge in [-0.25, -0.2) is 18.4 Å². The number of hydrogen-bond acceptors (Lipinski definition) is 6. The third kappa shape index (κ3) is 5.92. The number of anilines is 4. The van der Waals surface area contributed by atoms with E-state index in [1.807, 2.05) is 63.2 Å². The summed E-state index contributed by atoms with van der Waals surface area (Å²) in [5.41, 5.74) is 3.10. The molecule has 152 valence electrons. The fourth-order valence-electron chi connectivity index (χ4n) is 2.85. The number of benzene rings is 2. The molecule has 3 rings (SSSR count). The first kappa shape index (κ1) is 20.6. The van der Waals surface area contributed by atoms with Gasteiger partial charge in [-0.05, 0) is 43.7 Å². The normalized spacial score (nSPS) is 11.2. The molecule has 2 N–H and O–H groups in total. The standard InChI is InChI=1S/C21H25N5O2S/c1-15-6-5-7-17(12-15)14-29(27,28)25-19-10-8-18(9-11-19)24-20-13-21(26(3)4)23-16(2)22-20/h5-13,25H,14H2,1-4H3,(H,22,23,24). The summed E-state index contributed by atoms with van der Waals surface area (Å²) in [5, 5.41) is 3.22. The van der Waals surface area contributed by atoms with Gasteiger partial charge in [0.2, 0.25) is 10.0 Å². The highest BCUT2D eigenvalue weighted by molar-refractivity contribution is 7.91. The van der Waals surface area contributed by atoms with Crippen molar-refractivity contribution in [1.82, 2.24) is 9.97 Å². The minimum absolute atomic E-state index is 0.0673. The Hall–Kier alpha value is -3.13. The monoisotopic (exact) mass is 411 g/mol. The first-order valence-corrected chi connectivity index (χ1v) is 10.8. The number of hydrogen-bond donors (Lipinski definition) is 2. The van der Waals surface area contributed by atoms with Crippen molar-refractivity contribution in [3.63, 3.8) is 0 Å². The molecule has 0 fully saturated rings. The molecule has 0 spiro atoms. The Labute approximate surface area is 171 Å². The van der Waals surface area contributed by atoms with Gasteiger partial charge in [-0.2, -0.15) is 0 Å². The molecule has 0 saturated carbocycles. The van der Waals surface area contributed by atoms with Gasteiger partial charge in [0.05, 0.1) is 5.75 Å². The van der Waals surface area contributed by atoms with Crippen LogP contribution in [-0.4, -0.2) is 32.5 Å². The summed E-state index contributed by atoms with van der Waals surface area (Å²) in [5.74, 6) is 2.08. The van der Waals surface area contributed by atoms with Crippen molar-refractivity contribution in [3.8, 4) is 0 Å². The summed E-state index contributed by atoms with van der Waals surface area (Å²) in [7, 11) is 0.346. The van der Waals surface area contributed by atoms with Gasteiger partial charge in [-0.1, -0.05) is 29.8 Å². The van der Waals surface area contributed by atoms with Gasteiger partial charge in [0.25, 0.3) is 0 Å². The predicted octanol–water partition coefficient (Wildman–Crippen LogP) is 3.84. The van der Waals surface area contributed by atoms with E-state index in [9.17, 15) is 8.42 Å². The summed E-state index contributed by atoms with van der Waals surface area (Å²) >= 11 is 0. The number of nitrogens with zero attached hydrogens (tertiary/aromatic N) is 3. The maximum atomic E-state index is 12.4. The zero-order valence-electron chi connectivity index (χ0n) is 17.0. The molecule has 7 nitrogen and oxygen atoms in total. The van der Waals surface area contributed by atoms with Crippen molar-refractivity contribution in [2.24, 2.45) is 0 Å². The molecular formula is C21H25N5O2S. The van der Waals surface area contributed by atoms with Crippen LogP contribution in [0.5, 0.6) is 0 Å². The fourth-order valence-corrected chi connectivity index (χ4v) is 4.04. The van der Waals surface area contributed by atoms with E-state index in [0.717, 1.165) is 22.6 Å². The second kappa shape index (κ2) is 8.48. The third-order valence-electron chi connectivity index (χ3n) is 4.15. The van der Waals surface area contributed by atoms with Crippen molar-refractivity contribution in [2.75, 3.05) is 29.0 Å². The van der Waals surface area contributed by atoms with Crippen LogP contribution >= 0.6 is 0 Å². The lowest BCUT2D eigenvalue weighted by molar-refractivity contribution is 0.600. The fraction of sp³-hybridized carbons (Fsp3) is 0.238. The zero-order chi connectivity index (χ0) is 21.0. The second-order valence-corrected chi connectivity index (χ2v) is 8.83. The van der Waals surface area contributed by atoms with Crippen LogP contribution < -0.4 is 14.9 Å². The Morgan fingerprint density at radius 1 is 0.931 bits per heavy atom. The van der Waals surface area contributed by atoms with E-state index in [4.69, 9.17) is 0 Å². The molecular weight excluding hydrogens is 386 g/mol. The van der Waals surface area contributed by atoms with Gasteiger partial charge < -0.3 is 10.2 Å². The van der Waals surface area contributed by atoms with E-state index in [0.29, 0.717) is 17.3 Å². The van der Waals surface area contributed by atoms with Gasteiger partial charge in [-0.3, -0.25) is 4.72 Å². The quantitative estimate of drug-likeness (QED) is 0.614. The molecule has 0 amide bonds. The van der Waals surface area contributed by atoms with Crippen molar-refractivity contribution in [1.29, 1.82) is 0 Å². The summed E-state index contributed by atoms with van der Waals surface area (Å²) in [4.78, 5) is 10.7. The average Bonchev–Trinajstić information content (AvgIpc) is 2.62. The molecule has 0 bridgehead atoms. The van der Waals surface area contributed by atoms with Crippen LogP contribution in [0.25, 0.3) is 0 Å². The number of aromatic nitrogens is 2. The van der Waals surface area contributed by atoms with Crippen LogP contribution in [0.2, 0.25) is 0 Å². The highest BCUT2D eigenvalue weighted by atomic mass is 32.2. The molecule has 2 aromatic carbocycles. The Kier molecular flexibility index (Phi) is 6.03. The first-order chi connectivity index (χ1) is 13.7. The molecule has 0 aliphatic carbocycles. The minimum Gasteiger partial charge on any atom is -0.363 e. The molecule has 8 heteroatoms. The Bertz CT molecular complexity index is 1100. The second-order valence-electron chi connectivity index (χ2n) is 7.11. The van der Waals surface area contributed by atoms with Crippen LogP contribution in [0.3, 0.4) is 0 Å². The SMILES string of the molecule is Cc1cccc(CS(=O)(=O)Nc2ccc(Nc3cc(N(C)C)nc(C)n3)cc2)c1. The molecule has 0 saturated heterocycles. The summed E-state index contributed by atoms with van der Waals surface area (Å²) < 4.78 is 27.5. The largest absolute Gasteiger partial charge is 0.363 e. The molecule has 1 heterocycles. The number of nitrogens with one attached hydrogen (secondary N) is 2. The van der Waals surface area contributed by atoms with Gasteiger partial charge in [0.15, 0.2) is 0 Å². The highest BCUT2D eigenvalue weighted by Crippen LogP contribution is 2.21. The summed E-state index contributed by atoms with van der Waals surface area (Å²) in [6, 6.07) is 16.4. The Morgan fingerprint density at radius 3 is 2.28 bits per heavy atom. The van der Waals surface area contributed by atoms with Crippen LogP contribution in [-0.2, 0) is 15.8 Å². The topological polar surface area (TPSA) is 87.2 Å². The van der Waals surface area contributed by atoms with E-state index in [-0.39, 0.29) is 5.75 Å². The molecule has 29 heavy (non-hydrogen) atoms. The minimum atomic E-state index is -3.49.